The molecule has 5 rings (SSSR count). The van der Waals surface area contributed by atoms with E-state index in [0.717, 1.165) is 11.8 Å². The molecular weight excluding hydrogens is 168 g/mol. The van der Waals surface area contributed by atoms with Gasteiger partial charge in [0.15, 0.2) is 0 Å². The standard InChI is InChI=1S/C14H22/c1-8-6-11-7-12(8)14-10-4-2-9(3-5-10)13(11)14/h8-14H,2-7H2,1H3. The predicted molar refractivity (Wildman–Crippen MR) is 57.8 cm³/mol. The number of fused-ring (bicyclic) bond motifs is 4. The lowest BCUT2D eigenvalue weighted by Gasteiger charge is -2.52. The SMILES string of the molecule is CC1CC2CC1C1C3CCC(CC3)C21. The molecule has 0 heterocycles. The van der Waals surface area contributed by atoms with Gasteiger partial charge in [0, 0.05) is 0 Å². The molecule has 0 N–H and O–H groups in total. The zero-order valence-electron chi connectivity index (χ0n) is 9.28. The molecule has 78 valence electrons. The lowest BCUT2D eigenvalue weighted by Crippen LogP contribution is -2.44. The highest BCUT2D eigenvalue weighted by atomic mass is 14.6. The average molecular weight is 190 g/mol. The zero-order chi connectivity index (χ0) is 9.28. The van der Waals surface area contributed by atoms with Gasteiger partial charge in [0.2, 0.25) is 0 Å². The Kier molecular flexibility index (Phi) is 1.50. The third-order valence-electron chi connectivity index (χ3n) is 6.37. The van der Waals surface area contributed by atoms with Gasteiger partial charge in [-0.1, -0.05) is 6.92 Å². The van der Waals surface area contributed by atoms with Gasteiger partial charge < -0.3 is 0 Å². The third kappa shape index (κ3) is 0.823. The van der Waals surface area contributed by atoms with E-state index >= 15 is 0 Å². The first kappa shape index (κ1) is 8.19. The minimum Gasteiger partial charge on any atom is -0.0622 e. The smallest absolute Gasteiger partial charge is 0.0321 e. The van der Waals surface area contributed by atoms with E-state index in [1.807, 2.05) is 0 Å². The number of rotatable bonds is 0. The molecule has 0 aliphatic heterocycles. The molecule has 5 fully saturated rings. The van der Waals surface area contributed by atoms with Crippen molar-refractivity contribution in [2.75, 3.05) is 0 Å². The van der Waals surface area contributed by atoms with Gasteiger partial charge >= 0.3 is 0 Å². The van der Waals surface area contributed by atoms with Crippen molar-refractivity contribution >= 4 is 0 Å². The molecule has 5 saturated carbocycles. The molecule has 5 aliphatic rings. The molecule has 0 heteroatoms. The van der Waals surface area contributed by atoms with Crippen LogP contribution in [0.15, 0.2) is 0 Å². The van der Waals surface area contributed by atoms with Crippen LogP contribution in [0, 0.1) is 41.4 Å². The molecule has 0 nitrogen and oxygen atoms in total. The minimum atomic E-state index is 1.08. The van der Waals surface area contributed by atoms with Gasteiger partial charge in [0.25, 0.3) is 0 Å². The molecule has 14 heavy (non-hydrogen) atoms. The fraction of sp³-hybridized carbons (Fsp3) is 1.00. The summed E-state index contributed by atoms with van der Waals surface area (Å²) in [5.74, 6) is 8.18. The van der Waals surface area contributed by atoms with Crippen LogP contribution in [-0.4, -0.2) is 0 Å². The number of hydrogen-bond acceptors (Lipinski definition) is 0. The largest absolute Gasteiger partial charge is 0.0622 e. The van der Waals surface area contributed by atoms with Crippen molar-refractivity contribution < 1.29 is 0 Å². The van der Waals surface area contributed by atoms with Crippen LogP contribution in [0.3, 0.4) is 0 Å². The quantitative estimate of drug-likeness (QED) is 0.546. The predicted octanol–water partition coefficient (Wildman–Crippen LogP) is 3.71. The molecule has 0 spiro atoms. The highest BCUT2D eigenvalue weighted by Gasteiger charge is 2.58. The maximum Gasteiger partial charge on any atom is -0.0321 e. The van der Waals surface area contributed by atoms with E-state index in [4.69, 9.17) is 0 Å². The van der Waals surface area contributed by atoms with Crippen molar-refractivity contribution in [1.29, 1.82) is 0 Å². The van der Waals surface area contributed by atoms with Crippen molar-refractivity contribution in [3.63, 3.8) is 0 Å². The molecule has 0 aromatic carbocycles. The Morgan fingerprint density at radius 3 is 2.07 bits per heavy atom. The Morgan fingerprint density at radius 2 is 1.36 bits per heavy atom. The second-order valence-electron chi connectivity index (χ2n) is 6.70. The zero-order valence-corrected chi connectivity index (χ0v) is 9.28. The maximum absolute atomic E-state index is 2.53. The molecule has 0 radical (unpaired) electrons. The third-order valence-corrected chi connectivity index (χ3v) is 6.37. The molecule has 0 saturated heterocycles. The van der Waals surface area contributed by atoms with Crippen LogP contribution in [0.1, 0.15) is 45.4 Å². The van der Waals surface area contributed by atoms with E-state index in [-0.39, 0.29) is 0 Å². The lowest BCUT2D eigenvalue weighted by molar-refractivity contribution is -0.0268. The van der Waals surface area contributed by atoms with Gasteiger partial charge in [-0.05, 0) is 80.0 Å². The van der Waals surface area contributed by atoms with Gasteiger partial charge in [-0.25, -0.2) is 0 Å². The van der Waals surface area contributed by atoms with Crippen molar-refractivity contribution in [2.24, 2.45) is 41.4 Å². The van der Waals surface area contributed by atoms with Crippen LogP contribution in [0.4, 0.5) is 0 Å². The molecule has 0 aromatic heterocycles. The molecule has 5 unspecified atom stereocenters. The summed E-state index contributed by atoms with van der Waals surface area (Å²) in [6.45, 7) is 2.53. The Morgan fingerprint density at radius 1 is 0.714 bits per heavy atom. The van der Waals surface area contributed by atoms with Crippen molar-refractivity contribution in [2.45, 2.75) is 45.4 Å². The Bertz CT molecular complexity index is 249. The second-order valence-corrected chi connectivity index (χ2v) is 6.70. The summed E-state index contributed by atoms with van der Waals surface area (Å²) in [4.78, 5) is 0. The summed E-state index contributed by atoms with van der Waals surface area (Å²) in [7, 11) is 0. The van der Waals surface area contributed by atoms with Gasteiger partial charge in [0.1, 0.15) is 0 Å². The molecular formula is C14H22. The van der Waals surface area contributed by atoms with E-state index in [0.29, 0.717) is 0 Å². The van der Waals surface area contributed by atoms with Gasteiger partial charge in [0.05, 0.1) is 0 Å². The van der Waals surface area contributed by atoms with Crippen LogP contribution in [0.2, 0.25) is 0 Å². The van der Waals surface area contributed by atoms with Crippen molar-refractivity contribution in [3.05, 3.63) is 0 Å². The molecule has 5 atom stereocenters. The summed E-state index contributed by atoms with van der Waals surface area (Å²) in [6.07, 6.45) is 9.62. The van der Waals surface area contributed by atoms with Crippen molar-refractivity contribution in [1.82, 2.24) is 0 Å². The molecule has 0 amide bonds. The minimum absolute atomic E-state index is 1.08. The molecule has 4 bridgehead atoms. The Labute approximate surface area is 87.5 Å². The van der Waals surface area contributed by atoms with E-state index in [1.54, 1.807) is 38.5 Å². The topological polar surface area (TPSA) is 0 Å². The van der Waals surface area contributed by atoms with Crippen LogP contribution in [-0.2, 0) is 0 Å². The first-order valence-corrected chi connectivity index (χ1v) is 6.84. The second kappa shape index (κ2) is 2.57. The summed E-state index contributed by atoms with van der Waals surface area (Å²) < 4.78 is 0. The first-order valence-electron chi connectivity index (χ1n) is 6.84. The van der Waals surface area contributed by atoms with Gasteiger partial charge in [-0.15, -0.1) is 0 Å². The maximum atomic E-state index is 2.53. The normalized spacial score (nSPS) is 64.5. The lowest BCUT2D eigenvalue weighted by atomic mass is 9.53. The first-order chi connectivity index (χ1) is 6.84. The fourth-order valence-electron chi connectivity index (χ4n) is 6.06. The van der Waals surface area contributed by atoms with Crippen molar-refractivity contribution in [3.8, 4) is 0 Å². The van der Waals surface area contributed by atoms with Crippen LogP contribution < -0.4 is 0 Å². The Balaban J connectivity index is 1.73. The fourth-order valence-corrected chi connectivity index (χ4v) is 6.06. The summed E-state index contributed by atoms with van der Waals surface area (Å²) in [5, 5.41) is 0. The van der Waals surface area contributed by atoms with Gasteiger partial charge in [-0.3, -0.25) is 0 Å². The molecule has 0 aromatic rings. The van der Waals surface area contributed by atoms with E-state index in [2.05, 4.69) is 6.92 Å². The van der Waals surface area contributed by atoms with Crippen LogP contribution >= 0.6 is 0 Å². The van der Waals surface area contributed by atoms with Crippen LogP contribution in [0.5, 0.6) is 0 Å². The highest BCUT2D eigenvalue weighted by molar-refractivity contribution is 5.07. The summed E-state index contributed by atoms with van der Waals surface area (Å²) in [6, 6.07) is 0. The monoisotopic (exact) mass is 190 g/mol. The van der Waals surface area contributed by atoms with E-state index in [9.17, 15) is 0 Å². The Hall–Kier alpha value is 0. The summed E-state index contributed by atoms with van der Waals surface area (Å²) >= 11 is 0. The summed E-state index contributed by atoms with van der Waals surface area (Å²) in [5.41, 5.74) is 0. The van der Waals surface area contributed by atoms with Gasteiger partial charge in [-0.2, -0.15) is 0 Å². The van der Waals surface area contributed by atoms with E-state index < -0.39 is 0 Å². The highest BCUT2D eigenvalue weighted by Crippen LogP contribution is 2.66. The average Bonchev–Trinajstić information content (AvgIpc) is 2.78. The van der Waals surface area contributed by atoms with Crippen LogP contribution in [0.25, 0.3) is 0 Å². The molecule has 5 aliphatic carbocycles. The van der Waals surface area contributed by atoms with E-state index in [1.165, 1.54) is 29.6 Å². The number of hydrogen-bond donors (Lipinski definition) is 0.